The predicted molar refractivity (Wildman–Crippen MR) is 59.0 cm³/mol. The van der Waals surface area contributed by atoms with Crippen LogP contribution in [0.4, 0.5) is 0 Å². The second-order valence-electron chi connectivity index (χ2n) is 4.32. The molecule has 0 saturated carbocycles. The second kappa shape index (κ2) is 4.26. The van der Waals surface area contributed by atoms with Gasteiger partial charge in [-0.25, -0.2) is 0 Å². The van der Waals surface area contributed by atoms with E-state index in [1.165, 1.54) is 0 Å². The standard InChI is InChI=1S/C13H15O3/c1-10(2)16-12(14)13(8-15-9-13)11-6-4-3-5-7-11/h4-7,10H,8-9H2,1-2H3. The quantitative estimate of drug-likeness (QED) is 0.726. The molecule has 1 heterocycles. The lowest BCUT2D eigenvalue weighted by atomic mass is 9.78. The maximum atomic E-state index is 12.0. The highest BCUT2D eigenvalue weighted by molar-refractivity contribution is 5.84. The first-order valence-corrected chi connectivity index (χ1v) is 5.40. The van der Waals surface area contributed by atoms with Crippen LogP contribution in [0.15, 0.2) is 24.3 Å². The summed E-state index contributed by atoms with van der Waals surface area (Å²) in [7, 11) is 0. The first-order valence-electron chi connectivity index (χ1n) is 5.40. The van der Waals surface area contributed by atoms with E-state index in [9.17, 15) is 4.79 Å². The first kappa shape index (κ1) is 11.1. The van der Waals surface area contributed by atoms with Gasteiger partial charge in [-0.2, -0.15) is 0 Å². The molecule has 85 valence electrons. The van der Waals surface area contributed by atoms with Gasteiger partial charge in [0.25, 0.3) is 0 Å². The largest absolute Gasteiger partial charge is 0.462 e. The smallest absolute Gasteiger partial charge is 0.321 e. The maximum Gasteiger partial charge on any atom is 0.321 e. The van der Waals surface area contributed by atoms with Crippen molar-refractivity contribution in [2.45, 2.75) is 25.4 Å². The van der Waals surface area contributed by atoms with Crippen LogP contribution in [0.5, 0.6) is 0 Å². The van der Waals surface area contributed by atoms with Gasteiger partial charge in [0.05, 0.1) is 19.3 Å². The lowest BCUT2D eigenvalue weighted by Crippen LogP contribution is -2.54. The van der Waals surface area contributed by atoms with Gasteiger partial charge in [-0.05, 0) is 25.5 Å². The van der Waals surface area contributed by atoms with Crippen molar-refractivity contribution in [3.63, 3.8) is 0 Å². The van der Waals surface area contributed by atoms with Crippen molar-refractivity contribution in [3.05, 3.63) is 35.9 Å². The molecule has 0 bridgehead atoms. The zero-order valence-electron chi connectivity index (χ0n) is 9.53. The fourth-order valence-electron chi connectivity index (χ4n) is 1.74. The number of carbonyl (C=O) groups is 1. The molecule has 1 saturated heterocycles. The summed E-state index contributed by atoms with van der Waals surface area (Å²) < 4.78 is 10.5. The first-order chi connectivity index (χ1) is 7.65. The Labute approximate surface area is 95.4 Å². The third-order valence-electron chi connectivity index (χ3n) is 2.70. The van der Waals surface area contributed by atoms with Gasteiger partial charge in [0.15, 0.2) is 0 Å². The van der Waals surface area contributed by atoms with Gasteiger partial charge in [0, 0.05) is 0 Å². The number of ether oxygens (including phenoxy) is 2. The van der Waals surface area contributed by atoms with E-state index in [0.717, 1.165) is 5.56 Å². The molecule has 0 atom stereocenters. The highest BCUT2D eigenvalue weighted by Crippen LogP contribution is 2.33. The number of rotatable bonds is 3. The summed E-state index contributed by atoms with van der Waals surface area (Å²) in [5.74, 6) is -0.194. The number of carbonyl (C=O) groups excluding carboxylic acids is 1. The number of hydrogen-bond donors (Lipinski definition) is 0. The fraction of sp³-hybridized carbons (Fsp3) is 0.462. The van der Waals surface area contributed by atoms with E-state index in [1.54, 1.807) is 12.1 Å². The Morgan fingerprint density at radius 3 is 2.50 bits per heavy atom. The lowest BCUT2D eigenvalue weighted by Gasteiger charge is -2.39. The molecule has 0 aromatic heterocycles. The van der Waals surface area contributed by atoms with E-state index < -0.39 is 5.41 Å². The van der Waals surface area contributed by atoms with Gasteiger partial charge in [-0.3, -0.25) is 4.79 Å². The van der Waals surface area contributed by atoms with Gasteiger partial charge in [-0.1, -0.05) is 24.3 Å². The molecule has 0 aliphatic carbocycles. The number of esters is 1. The van der Waals surface area contributed by atoms with Crippen molar-refractivity contribution in [2.75, 3.05) is 13.2 Å². The minimum Gasteiger partial charge on any atom is -0.462 e. The molecule has 1 aromatic rings. The summed E-state index contributed by atoms with van der Waals surface area (Å²) in [5.41, 5.74) is 0.350. The second-order valence-corrected chi connectivity index (χ2v) is 4.32. The zero-order valence-corrected chi connectivity index (χ0v) is 9.53. The average Bonchev–Trinajstić information content (AvgIpc) is 2.16. The third kappa shape index (κ3) is 1.83. The van der Waals surface area contributed by atoms with Crippen molar-refractivity contribution in [1.29, 1.82) is 0 Å². The molecule has 0 amide bonds. The van der Waals surface area contributed by atoms with Crippen molar-refractivity contribution in [2.24, 2.45) is 0 Å². The summed E-state index contributed by atoms with van der Waals surface area (Å²) in [6, 6.07) is 10.3. The van der Waals surface area contributed by atoms with Crippen LogP contribution >= 0.6 is 0 Å². The van der Waals surface area contributed by atoms with Gasteiger partial charge < -0.3 is 9.47 Å². The number of benzene rings is 1. The summed E-state index contributed by atoms with van der Waals surface area (Å²) in [5, 5.41) is 0. The Hall–Kier alpha value is -1.35. The zero-order chi connectivity index (χ0) is 11.6. The van der Waals surface area contributed by atoms with Gasteiger partial charge in [0.2, 0.25) is 0 Å². The van der Waals surface area contributed by atoms with Crippen LogP contribution in [-0.4, -0.2) is 25.3 Å². The molecule has 0 unspecified atom stereocenters. The van der Waals surface area contributed by atoms with Crippen LogP contribution in [-0.2, 0) is 19.7 Å². The van der Waals surface area contributed by atoms with E-state index in [-0.39, 0.29) is 12.1 Å². The molecule has 2 rings (SSSR count). The van der Waals surface area contributed by atoms with Crippen LogP contribution < -0.4 is 0 Å². The Bertz CT molecular complexity index is 366. The molecule has 1 aliphatic heterocycles. The summed E-state index contributed by atoms with van der Waals surface area (Å²) in [6.07, 6.45) is -0.0970. The molecule has 16 heavy (non-hydrogen) atoms. The number of hydrogen-bond acceptors (Lipinski definition) is 3. The van der Waals surface area contributed by atoms with E-state index >= 15 is 0 Å². The van der Waals surface area contributed by atoms with Gasteiger partial charge in [-0.15, -0.1) is 0 Å². The van der Waals surface area contributed by atoms with Crippen molar-refractivity contribution >= 4 is 5.97 Å². The van der Waals surface area contributed by atoms with Crippen LogP contribution in [0.25, 0.3) is 0 Å². The van der Waals surface area contributed by atoms with E-state index in [1.807, 2.05) is 26.0 Å². The van der Waals surface area contributed by atoms with Crippen LogP contribution in [0.3, 0.4) is 0 Å². The third-order valence-corrected chi connectivity index (χ3v) is 2.70. The normalized spacial score (nSPS) is 17.9. The molecule has 1 radical (unpaired) electrons. The lowest BCUT2D eigenvalue weighted by molar-refractivity contribution is -0.173. The maximum absolute atomic E-state index is 12.0. The van der Waals surface area contributed by atoms with Crippen LogP contribution in [0, 0.1) is 6.07 Å². The van der Waals surface area contributed by atoms with Crippen molar-refractivity contribution in [1.82, 2.24) is 0 Å². The molecule has 3 heteroatoms. The van der Waals surface area contributed by atoms with Crippen molar-refractivity contribution in [3.8, 4) is 0 Å². The molecular weight excluding hydrogens is 204 g/mol. The van der Waals surface area contributed by atoms with E-state index in [4.69, 9.17) is 9.47 Å². The molecule has 1 aliphatic rings. The fourth-order valence-corrected chi connectivity index (χ4v) is 1.74. The van der Waals surface area contributed by atoms with Crippen molar-refractivity contribution < 1.29 is 14.3 Å². The Morgan fingerprint density at radius 2 is 2.06 bits per heavy atom. The SMILES string of the molecule is CC(C)OC(=O)C1(c2cc[c]cc2)COC1. The molecule has 3 nitrogen and oxygen atoms in total. The van der Waals surface area contributed by atoms with Crippen LogP contribution in [0.2, 0.25) is 0 Å². The van der Waals surface area contributed by atoms with Crippen LogP contribution in [0.1, 0.15) is 19.4 Å². The minimum absolute atomic E-state index is 0.0970. The Balaban J connectivity index is 2.23. The molecule has 1 aromatic carbocycles. The van der Waals surface area contributed by atoms with Gasteiger partial charge >= 0.3 is 5.97 Å². The summed E-state index contributed by atoms with van der Waals surface area (Å²) in [6.45, 7) is 4.51. The molecule has 0 N–H and O–H groups in total. The summed E-state index contributed by atoms with van der Waals surface area (Å²) in [4.78, 5) is 12.0. The highest BCUT2D eigenvalue weighted by atomic mass is 16.6. The Kier molecular flexibility index (Phi) is 2.97. The Morgan fingerprint density at radius 1 is 1.44 bits per heavy atom. The molecular formula is C13H15O3. The van der Waals surface area contributed by atoms with Gasteiger partial charge in [0.1, 0.15) is 5.41 Å². The highest BCUT2D eigenvalue weighted by Gasteiger charge is 2.49. The minimum atomic E-state index is -0.598. The molecule has 1 fully saturated rings. The predicted octanol–water partition coefficient (Wildman–Crippen LogP) is 1.71. The monoisotopic (exact) mass is 219 g/mol. The van der Waals surface area contributed by atoms with E-state index in [2.05, 4.69) is 6.07 Å². The summed E-state index contributed by atoms with van der Waals surface area (Å²) >= 11 is 0. The topological polar surface area (TPSA) is 35.5 Å². The molecule has 0 spiro atoms. The average molecular weight is 219 g/mol. The van der Waals surface area contributed by atoms with E-state index in [0.29, 0.717) is 13.2 Å².